The molecular weight excluding hydrogens is 488 g/mol. The number of aryl methyl sites for hydroxylation is 2. The molecule has 0 saturated heterocycles. The highest BCUT2D eigenvalue weighted by molar-refractivity contribution is 7.20. The van der Waals surface area contributed by atoms with Gasteiger partial charge in [0.15, 0.2) is 0 Å². The fraction of sp³-hybridized carbons (Fsp3) is 0.296. The molecule has 0 unspecified atom stereocenters. The summed E-state index contributed by atoms with van der Waals surface area (Å²) in [6.45, 7) is 5.25. The Morgan fingerprint density at radius 1 is 1.08 bits per heavy atom. The molecule has 3 aromatic heterocycles. The zero-order valence-corrected chi connectivity index (χ0v) is 21.8. The van der Waals surface area contributed by atoms with Gasteiger partial charge in [-0.05, 0) is 41.8 Å². The van der Waals surface area contributed by atoms with E-state index < -0.39 is 0 Å². The van der Waals surface area contributed by atoms with Crippen LogP contribution in [0.5, 0.6) is 5.75 Å². The maximum absolute atomic E-state index is 12.2. The van der Waals surface area contributed by atoms with E-state index >= 15 is 0 Å². The van der Waals surface area contributed by atoms with E-state index in [1.165, 1.54) is 18.4 Å². The number of benzene rings is 2. The fourth-order valence-electron chi connectivity index (χ4n) is 4.16. The van der Waals surface area contributed by atoms with Crippen molar-refractivity contribution in [3.63, 3.8) is 0 Å². The Balaban J connectivity index is 1.30. The van der Waals surface area contributed by atoms with Crippen LogP contribution in [0.1, 0.15) is 52.0 Å². The van der Waals surface area contributed by atoms with Gasteiger partial charge in [0.1, 0.15) is 33.4 Å². The van der Waals surface area contributed by atoms with E-state index in [2.05, 4.69) is 44.2 Å². The first-order valence-corrected chi connectivity index (χ1v) is 13.0. The lowest BCUT2D eigenvalue weighted by molar-refractivity contribution is 0.0605. The third-order valence-electron chi connectivity index (χ3n) is 6.25. The van der Waals surface area contributed by atoms with Crippen molar-refractivity contribution in [1.29, 1.82) is 0 Å². The molecule has 0 atom stereocenters. The Labute approximate surface area is 218 Å². The molecule has 2 aromatic carbocycles. The van der Waals surface area contributed by atoms with Crippen molar-refractivity contribution in [1.82, 2.24) is 30.2 Å². The summed E-state index contributed by atoms with van der Waals surface area (Å²) >= 11 is 1.45. The highest BCUT2D eigenvalue weighted by Gasteiger charge is 2.22. The number of ether oxygens (including phenoxy) is 2. The molecule has 0 spiro atoms. The molecule has 0 aliphatic heterocycles. The second-order valence-corrected chi connectivity index (χ2v) is 9.78. The quantitative estimate of drug-likeness (QED) is 0.250. The summed E-state index contributed by atoms with van der Waals surface area (Å²) in [4.78, 5) is 18.8. The van der Waals surface area contributed by atoms with Crippen molar-refractivity contribution in [2.45, 2.75) is 46.3 Å². The highest BCUT2D eigenvalue weighted by Crippen LogP contribution is 2.33. The van der Waals surface area contributed by atoms with E-state index in [1.54, 1.807) is 0 Å². The van der Waals surface area contributed by atoms with Gasteiger partial charge in [0.05, 0.1) is 13.7 Å². The molecule has 5 rings (SSSR count). The zero-order chi connectivity index (χ0) is 25.8. The van der Waals surface area contributed by atoms with Gasteiger partial charge >= 0.3 is 5.97 Å². The standard InChI is InChI=1S/C27H28N6O3S/c1-4-5-6-22-28-23-17(2)24(27(34)35-3)37-26(23)33(22)15-18-9-13-21(14-10-18)36-16-19-7-11-20(12-8-19)25-29-31-32-30-25/h7-14H,4-6,15-16H2,1-3H3,(H,29,30,31,32). The number of esters is 1. The van der Waals surface area contributed by atoms with Crippen LogP contribution in [-0.2, 0) is 24.3 Å². The summed E-state index contributed by atoms with van der Waals surface area (Å²) in [5.41, 5.74) is 4.86. The number of imidazole rings is 1. The number of aromatic amines is 1. The van der Waals surface area contributed by atoms with Crippen LogP contribution in [0.3, 0.4) is 0 Å². The number of nitrogens with zero attached hydrogens (tertiary/aromatic N) is 5. The number of carbonyl (C=O) groups is 1. The molecule has 37 heavy (non-hydrogen) atoms. The van der Waals surface area contributed by atoms with Gasteiger partial charge in [-0.1, -0.05) is 49.7 Å². The maximum Gasteiger partial charge on any atom is 0.348 e. The number of H-pyrrole nitrogens is 1. The first-order chi connectivity index (χ1) is 18.1. The van der Waals surface area contributed by atoms with E-state index in [0.29, 0.717) is 23.9 Å². The summed E-state index contributed by atoms with van der Waals surface area (Å²) in [6, 6.07) is 16.0. The van der Waals surface area contributed by atoms with Crippen LogP contribution in [0.25, 0.3) is 21.7 Å². The predicted octanol–water partition coefficient (Wildman–Crippen LogP) is 5.34. The lowest BCUT2D eigenvalue weighted by Crippen LogP contribution is -2.05. The van der Waals surface area contributed by atoms with Crippen molar-refractivity contribution in [3.8, 4) is 17.1 Å². The normalized spacial score (nSPS) is 11.2. The number of thiophene rings is 1. The van der Waals surface area contributed by atoms with Crippen LogP contribution < -0.4 is 4.74 Å². The van der Waals surface area contributed by atoms with Gasteiger partial charge in [-0.3, -0.25) is 0 Å². The maximum atomic E-state index is 12.2. The highest BCUT2D eigenvalue weighted by atomic mass is 32.1. The Morgan fingerprint density at radius 2 is 1.84 bits per heavy atom. The first-order valence-electron chi connectivity index (χ1n) is 12.2. The number of fused-ring (bicyclic) bond motifs is 1. The molecule has 0 bridgehead atoms. The minimum absolute atomic E-state index is 0.312. The summed E-state index contributed by atoms with van der Waals surface area (Å²) < 4.78 is 13.2. The van der Waals surface area contributed by atoms with E-state index in [9.17, 15) is 4.79 Å². The van der Waals surface area contributed by atoms with E-state index in [-0.39, 0.29) is 5.97 Å². The molecule has 0 amide bonds. The number of rotatable bonds is 10. The average Bonchev–Trinajstić information content (AvgIpc) is 3.65. The molecule has 0 radical (unpaired) electrons. The fourth-order valence-corrected chi connectivity index (χ4v) is 5.35. The number of aromatic nitrogens is 6. The molecular formula is C27H28N6O3S. The van der Waals surface area contributed by atoms with Crippen LogP contribution in [-0.4, -0.2) is 43.3 Å². The number of methoxy groups -OCH3 is 1. The predicted molar refractivity (Wildman–Crippen MR) is 142 cm³/mol. The smallest absolute Gasteiger partial charge is 0.348 e. The largest absolute Gasteiger partial charge is 0.489 e. The van der Waals surface area contributed by atoms with Crippen LogP contribution >= 0.6 is 11.3 Å². The minimum atomic E-state index is -0.312. The van der Waals surface area contributed by atoms with Gasteiger partial charge in [-0.15, -0.1) is 21.5 Å². The monoisotopic (exact) mass is 516 g/mol. The van der Waals surface area contributed by atoms with Gasteiger partial charge in [-0.2, -0.15) is 5.21 Å². The molecule has 0 fully saturated rings. The second-order valence-electron chi connectivity index (χ2n) is 8.78. The van der Waals surface area contributed by atoms with E-state index in [4.69, 9.17) is 14.5 Å². The van der Waals surface area contributed by atoms with E-state index in [1.807, 2.05) is 43.3 Å². The lowest BCUT2D eigenvalue weighted by Gasteiger charge is -2.11. The third kappa shape index (κ3) is 5.24. The Hall–Kier alpha value is -4.05. The number of tetrazole rings is 1. The third-order valence-corrected chi connectivity index (χ3v) is 7.53. The van der Waals surface area contributed by atoms with Gasteiger partial charge < -0.3 is 14.0 Å². The summed E-state index contributed by atoms with van der Waals surface area (Å²) in [6.07, 6.45) is 3.06. The molecule has 0 aliphatic rings. The van der Waals surface area contributed by atoms with Crippen molar-refractivity contribution in [2.75, 3.05) is 7.11 Å². The Kier molecular flexibility index (Phi) is 7.27. The van der Waals surface area contributed by atoms with Crippen molar-refractivity contribution in [3.05, 3.63) is 75.9 Å². The van der Waals surface area contributed by atoms with Crippen molar-refractivity contribution < 1.29 is 14.3 Å². The lowest BCUT2D eigenvalue weighted by atomic mass is 10.1. The summed E-state index contributed by atoms with van der Waals surface area (Å²) in [5.74, 6) is 2.10. The molecule has 3 heterocycles. The van der Waals surface area contributed by atoms with Crippen LogP contribution in [0, 0.1) is 6.92 Å². The number of carbonyl (C=O) groups excluding carboxylic acids is 1. The zero-order valence-electron chi connectivity index (χ0n) is 21.0. The second kappa shape index (κ2) is 10.9. The number of unbranched alkanes of at least 4 members (excludes halogenated alkanes) is 1. The van der Waals surface area contributed by atoms with Crippen LogP contribution in [0.4, 0.5) is 0 Å². The molecule has 9 nitrogen and oxygen atoms in total. The molecule has 10 heteroatoms. The van der Waals surface area contributed by atoms with Gasteiger partial charge in [-0.25, -0.2) is 9.78 Å². The molecule has 0 saturated carbocycles. The molecule has 0 aliphatic carbocycles. The van der Waals surface area contributed by atoms with Crippen molar-refractivity contribution in [2.24, 2.45) is 0 Å². The SMILES string of the molecule is CCCCc1nc2c(C)c(C(=O)OC)sc2n1Cc1ccc(OCc2ccc(-c3nn[nH]n3)cc2)cc1. The van der Waals surface area contributed by atoms with Gasteiger partial charge in [0, 0.05) is 17.5 Å². The van der Waals surface area contributed by atoms with E-state index in [0.717, 1.165) is 63.4 Å². The van der Waals surface area contributed by atoms with Gasteiger partial charge in [0.25, 0.3) is 0 Å². The van der Waals surface area contributed by atoms with Crippen molar-refractivity contribution >= 4 is 27.7 Å². The minimum Gasteiger partial charge on any atom is -0.489 e. The number of hydrogen-bond donors (Lipinski definition) is 1. The summed E-state index contributed by atoms with van der Waals surface area (Å²) in [7, 11) is 1.41. The average molecular weight is 517 g/mol. The molecule has 5 aromatic rings. The first kappa shape index (κ1) is 24.6. The molecule has 1 N–H and O–H groups in total. The van der Waals surface area contributed by atoms with Crippen LogP contribution in [0.15, 0.2) is 48.5 Å². The molecule has 190 valence electrons. The summed E-state index contributed by atoms with van der Waals surface area (Å²) in [5, 5.41) is 14.0. The number of nitrogens with one attached hydrogen (secondary N) is 1. The number of hydrogen-bond acceptors (Lipinski definition) is 8. The van der Waals surface area contributed by atoms with Crippen LogP contribution in [0.2, 0.25) is 0 Å². The van der Waals surface area contributed by atoms with Gasteiger partial charge in [0.2, 0.25) is 5.82 Å². The Morgan fingerprint density at radius 3 is 2.51 bits per heavy atom. The Bertz CT molecular complexity index is 1490. The topological polar surface area (TPSA) is 108 Å².